The van der Waals surface area contributed by atoms with Gasteiger partial charge in [0.05, 0.1) is 31.7 Å². The number of rotatable bonds is 13. The van der Waals surface area contributed by atoms with Crippen molar-refractivity contribution < 1.29 is 28.4 Å². The summed E-state index contributed by atoms with van der Waals surface area (Å²) in [5.74, 6) is -0.943. The van der Waals surface area contributed by atoms with Crippen LogP contribution in [0.1, 0.15) is 48.0 Å². The van der Waals surface area contributed by atoms with Crippen LogP contribution < -0.4 is 10.8 Å². The Hall–Kier alpha value is -2.56. The third kappa shape index (κ3) is 7.75. The predicted molar refractivity (Wildman–Crippen MR) is 127 cm³/mol. The van der Waals surface area contributed by atoms with E-state index in [2.05, 4.69) is 20.0 Å². The molecule has 0 saturated carbocycles. The molecule has 0 aliphatic carbocycles. The molecule has 0 aromatic carbocycles. The van der Waals surface area contributed by atoms with Crippen molar-refractivity contribution in [2.24, 2.45) is 0 Å². The number of nitrogen functional groups attached to an aromatic ring is 1. The minimum atomic E-state index is -3.56. The molecule has 3 N–H and O–H groups in total. The molecule has 0 aliphatic rings. The van der Waals surface area contributed by atoms with Crippen molar-refractivity contribution in [2.45, 2.75) is 72.3 Å². The lowest BCUT2D eigenvalue weighted by Crippen LogP contribution is -2.47. The van der Waals surface area contributed by atoms with Crippen LogP contribution in [0, 0.1) is 0 Å². The summed E-state index contributed by atoms with van der Waals surface area (Å²) in [6.07, 6.45) is 2.04. The number of nitrogens with zero attached hydrogens (tertiary/aromatic N) is 4. The van der Waals surface area contributed by atoms with Crippen LogP contribution in [-0.4, -0.2) is 68.3 Å². The van der Waals surface area contributed by atoms with Crippen molar-refractivity contribution in [1.29, 1.82) is 0 Å². The molecule has 2 heterocycles. The van der Waals surface area contributed by atoms with Gasteiger partial charge in [-0.1, -0.05) is 6.92 Å². The maximum Gasteiger partial charge on any atom is 0.326 e. The molecule has 1 unspecified atom stereocenters. The molecule has 2 aromatic heterocycles. The fraction of sp³-hybridized carbons (Fsp3) is 0.667. The van der Waals surface area contributed by atoms with Gasteiger partial charge in [-0.15, -0.1) is 0 Å². The highest BCUT2D eigenvalue weighted by molar-refractivity contribution is 7.62. The number of imidazole rings is 1. The average molecular weight is 499 g/mol. The zero-order chi connectivity index (χ0) is 25.5. The monoisotopic (exact) mass is 498 g/mol. The molecule has 34 heavy (non-hydrogen) atoms. The first kappa shape index (κ1) is 27.7. The molecule has 0 saturated heterocycles. The van der Waals surface area contributed by atoms with E-state index in [1.54, 1.807) is 45.5 Å². The van der Waals surface area contributed by atoms with Gasteiger partial charge in [-0.25, -0.2) is 20.0 Å². The number of carbonyl (C=O) groups excluding carboxylic acids is 2. The second kappa shape index (κ2) is 11.7. The van der Waals surface area contributed by atoms with Crippen LogP contribution in [-0.2, 0) is 34.9 Å². The van der Waals surface area contributed by atoms with Gasteiger partial charge >= 0.3 is 11.9 Å². The second-order valence-corrected chi connectivity index (χ2v) is 11.5. The first-order valence-corrected chi connectivity index (χ1v) is 13.2. The van der Waals surface area contributed by atoms with E-state index in [0.29, 0.717) is 24.1 Å². The number of esters is 2. The Kier molecular flexibility index (Phi) is 9.54. The maximum absolute atomic E-state index is 13.8. The summed E-state index contributed by atoms with van der Waals surface area (Å²) in [5.41, 5.74) is 5.55. The molecule has 0 amide bonds. The summed E-state index contributed by atoms with van der Waals surface area (Å²) in [6, 6.07) is 0. The molecule has 12 nitrogen and oxygen atoms in total. The molecule has 0 radical (unpaired) electrons. The van der Waals surface area contributed by atoms with Crippen molar-refractivity contribution in [3.63, 3.8) is 0 Å². The normalized spacial score (nSPS) is 14.7. The van der Waals surface area contributed by atoms with Gasteiger partial charge in [0.2, 0.25) is 0 Å². The fourth-order valence-electron chi connectivity index (χ4n) is 3.17. The number of ether oxygens (including phenoxy) is 3. The number of nitrogens with two attached hydrogens (primary N) is 1. The van der Waals surface area contributed by atoms with E-state index in [4.69, 9.17) is 19.9 Å². The smallest absolute Gasteiger partial charge is 0.326 e. The maximum atomic E-state index is 13.8. The molecular weight excluding hydrogens is 463 g/mol. The van der Waals surface area contributed by atoms with Crippen LogP contribution in [0.3, 0.4) is 0 Å². The van der Waals surface area contributed by atoms with Gasteiger partial charge in [-0.05, 0) is 41.0 Å². The highest BCUT2D eigenvalue weighted by atomic mass is 31.2. The summed E-state index contributed by atoms with van der Waals surface area (Å²) in [4.78, 5) is 37.1. The Labute approximate surface area is 199 Å². The lowest BCUT2D eigenvalue weighted by Gasteiger charge is -2.30. The number of hydrogen-bond donors (Lipinski definition) is 2. The largest absolute Gasteiger partial charge is 0.464 e. The Morgan fingerprint density at radius 3 is 2.59 bits per heavy atom. The third-order valence-corrected chi connectivity index (χ3v) is 6.94. The van der Waals surface area contributed by atoms with Gasteiger partial charge in [0.1, 0.15) is 29.9 Å². The van der Waals surface area contributed by atoms with Gasteiger partial charge in [0.25, 0.3) is 0 Å². The molecule has 190 valence electrons. The van der Waals surface area contributed by atoms with Crippen LogP contribution in [0.2, 0.25) is 0 Å². The van der Waals surface area contributed by atoms with Gasteiger partial charge in [0.15, 0.2) is 18.8 Å². The van der Waals surface area contributed by atoms with Gasteiger partial charge in [0, 0.05) is 0 Å². The van der Waals surface area contributed by atoms with E-state index in [1.807, 2.05) is 6.92 Å². The average Bonchev–Trinajstić information content (AvgIpc) is 3.13. The zero-order valence-corrected chi connectivity index (χ0v) is 21.5. The summed E-state index contributed by atoms with van der Waals surface area (Å²) in [5, 5.41) is 2.83. The second-order valence-electron chi connectivity index (χ2n) is 8.89. The lowest BCUT2D eigenvalue weighted by atomic mass is 10.1. The van der Waals surface area contributed by atoms with Gasteiger partial charge in [-0.2, -0.15) is 0 Å². The highest BCUT2D eigenvalue weighted by Gasteiger charge is 2.39. The molecule has 2 aromatic rings. The molecule has 0 spiro atoms. The third-order valence-electron chi connectivity index (χ3n) is 4.63. The predicted octanol–water partition coefficient (Wildman–Crippen LogP) is 2.32. The molecular formula is C21H35N6O6P. The number of carbonyl (C=O) groups is 2. The summed E-state index contributed by atoms with van der Waals surface area (Å²) >= 11 is 0. The van der Waals surface area contributed by atoms with E-state index in [0.717, 1.165) is 0 Å². The number of fused-ring (bicyclic) bond motifs is 1. The van der Waals surface area contributed by atoms with Crippen molar-refractivity contribution in [3.05, 3.63) is 12.7 Å². The molecule has 13 heteroatoms. The Morgan fingerprint density at radius 1 is 1.24 bits per heavy atom. The summed E-state index contributed by atoms with van der Waals surface area (Å²) in [6.45, 7) is 10.7. The zero-order valence-electron chi connectivity index (χ0n) is 20.6. The molecule has 2 rings (SSSR count). The van der Waals surface area contributed by atoms with E-state index in [1.165, 1.54) is 6.33 Å². The molecule has 2 atom stereocenters. The van der Waals surface area contributed by atoms with Crippen LogP contribution in [0.4, 0.5) is 5.82 Å². The van der Waals surface area contributed by atoms with Crippen LogP contribution in [0.5, 0.6) is 0 Å². The summed E-state index contributed by atoms with van der Waals surface area (Å²) in [7, 11) is -3.56. The number of aromatic nitrogens is 4. The van der Waals surface area contributed by atoms with E-state index in [-0.39, 0.29) is 24.9 Å². The minimum Gasteiger partial charge on any atom is -0.464 e. The van der Waals surface area contributed by atoms with Crippen LogP contribution in [0.15, 0.2) is 12.7 Å². The Morgan fingerprint density at radius 2 is 1.94 bits per heavy atom. The van der Waals surface area contributed by atoms with E-state index < -0.39 is 37.0 Å². The Balaban J connectivity index is 2.13. The Bertz CT molecular complexity index is 1040. The fourth-order valence-corrected chi connectivity index (χ4v) is 5.50. The van der Waals surface area contributed by atoms with Crippen LogP contribution >= 0.6 is 7.29 Å². The minimum absolute atomic E-state index is 0.240. The molecule has 0 fully saturated rings. The number of hydrogen-bond acceptors (Lipinski definition) is 10. The van der Waals surface area contributed by atoms with Crippen molar-refractivity contribution in [3.8, 4) is 0 Å². The van der Waals surface area contributed by atoms with Crippen molar-refractivity contribution in [1.82, 2.24) is 24.6 Å². The topological polar surface area (TPSA) is 161 Å². The van der Waals surface area contributed by atoms with Crippen molar-refractivity contribution >= 4 is 36.2 Å². The molecule has 0 bridgehead atoms. The quantitative estimate of drug-likeness (QED) is 0.308. The lowest BCUT2D eigenvalue weighted by molar-refractivity contribution is -0.149. The number of nitrogens with one attached hydrogen (secondary N) is 1. The standard InChI is InChI=1S/C21H35N6O6P/c1-7-8-31-20(29)21(5,6)26-34(30,10-16(28)33-14(2)3)13-32-15(4)9-27-12-25-17-18(22)23-11-24-19(17)27/h11-12,14-15H,7-10,13H2,1-6H3,(H,26,30)(H2,22,23,24)/t15?,34-/m1/s1. The first-order chi connectivity index (χ1) is 15.9. The van der Waals surface area contributed by atoms with E-state index >= 15 is 0 Å². The van der Waals surface area contributed by atoms with Gasteiger partial charge in [-0.3, -0.25) is 9.59 Å². The SMILES string of the molecule is CCCOC(=O)C(C)(C)N[P@](=O)(COC(C)Cn1cnc2c(N)ncnc21)CC(=O)OC(C)C. The number of anilines is 1. The first-order valence-electron chi connectivity index (χ1n) is 11.1. The van der Waals surface area contributed by atoms with Crippen LogP contribution in [0.25, 0.3) is 11.2 Å². The van der Waals surface area contributed by atoms with E-state index in [9.17, 15) is 14.2 Å². The summed E-state index contributed by atoms with van der Waals surface area (Å²) < 4.78 is 31.8. The van der Waals surface area contributed by atoms with Gasteiger partial charge < -0.3 is 29.1 Å². The molecule has 0 aliphatic heterocycles. The van der Waals surface area contributed by atoms with Crippen molar-refractivity contribution in [2.75, 3.05) is 24.9 Å². The highest BCUT2D eigenvalue weighted by Crippen LogP contribution is 2.44.